The second kappa shape index (κ2) is 7.28. The Balaban J connectivity index is 2.83. The third-order valence-electron chi connectivity index (χ3n) is 3.59. The van der Waals surface area contributed by atoms with Crippen LogP contribution in [0.15, 0.2) is 24.3 Å². The summed E-state index contributed by atoms with van der Waals surface area (Å²) in [4.78, 5) is 2.51. The number of rotatable bonds is 7. The first-order valence-corrected chi connectivity index (χ1v) is 7.47. The molecule has 0 saturated heterocycles. The standard InChI is InChI=1S/C16H27ClN2/c1-5-10-19(12-16(3,4)11-18)13(2)14-6-8-15(17)9-7-14/h6-9,13H,5,10-12,18H2,1-4H3. The summed E-state index contributed by atoms with van der Waals surface area (Å²) in [5.41, 5.74) is 7.32. The van der Waals surface area contributed by atoms with Gasteiger partial charge in [-0.05, 0) is 49.5 Å². The molecular weight excluding hydrogens is 256 g/mol. The maximum Gasteiger partial charge on any atom is 0.0406 e. The number of hydrogen-bond acceptors (Lipinski definition) is 2. The van der Waals surface area contributed by atoms with Gasteiger partial charge in [-0.2, -0.15) is 0 Å². The van der Waals surface area contributed by atoms with Gasteiger partial charge in [-0.15, -0.1) is 0 Å². The molecule has 0 bridgehead atoms. The Labute approximate surface area is 122 Å². The molecule has 0 spiro atoms. The van der Waals surface area contributed by atoms with Crippen LogP contribution in [-0.4, -0.2) is 24.5 Å². The highest BCUT2D eigenvalue weighted by molar-refractivity contribution is 6.30. The summed E-state index contributed by atoms with van der Waals surface area (Å²) in [6.07, 6.45) is 1.15. The Kier molecular flexibility index (Phi) is 6.31. The smallest absolute Gasteiger partial charge is 0.0406 e. The van der Waals surface area contributed by atoms with Gasteiger partial charge in [-0.25, -0.2) is 0 Å². The molecule has 0 aliphatic carbocycles. The zero-order valence-corrected chi connectivity index (χ0v) is 13.4. The van der Waals surface area contributed by atoms with Crippen LogP contribution in [0.1, 0.15) is 45.7 Å². The maximum absolute atomic E-state index is 5.96. The summed E-state index contributed by atoms with van der Waals surface area (Å²) in [7, 11) is 0. The van der Waals surface area contributed by atoms with Crippen LogP contribution in [0, 0.1) is 5.41 Å². The van der Waals surface area contributed by atoms with E-state index in [2.05, 4.69) is 44.7 Å². The van der Waals surface area contributed by atoms with Gasteiger partial charge in [0.15, 0.2) is 0 Å². The molecule has 0 saturated carbocycles. The fourth-order valence-electron chi connectivity index (χ4n) is 2.26. The first-order valence-electron chi connectivity index (χ1n) is 7.09. The third-order valence-corrected chi connectivity index (χ3v) is 3.85. The first-order chi connectivity index (χ1) is 8.89. The maximum atomic E-state index is 5.96. The van der Waals surface area contributed by atoms with Crippen molar-refractivity contribution >= 4 is 11.6 Å². The van der Waals surface area contributed by atoms with Crippen molar-refractivity contribution in [3.63, 3.8) is 0 Å². The molecule has 1 aromatic carbocycles. The minimum Gasteiger partial charge on any atom is -0.330 e. The molecule has 0 heterocycles. The second-order valence-corrected chi connectivity index (χ2v) is 6.50. The molecule has 2 nitrogen and oxygen atoms in total. The predicted octanol–water partition coefficient (Wildman–Crippen LogP) is 4.10. The van der Waals surface area contributed by atoms with Gasteiger partial charge in [0.1, 0.15) is 0 Å². The highest BCUT2D eigenvalue weighted by atomic mass is 35.5. The minimum atomic E-state index is 0.149. The van der Waals surface area contributed by atoms with E-state index in [9.17, 15) is 0 Å². The predicted molar refractivity (Wildman–Crippen MR) is 84.6 cm³/mol. The average Bonchev–Trinajstić information content (AvgIpc) is 2.38. The van der Waals surface area contributed by atoms with Crippen LogP contribution in [0.3, 0.4) is 0 Å². The van der Waals surface area contributed by atoms with E-state index in [1.165, 1.54) is 5.56 Å². The molecule has 19 heavy (non-hydrogen) atoms. The second-order valence-electron chi connectivity index (χ2n) is 6.07. The SMILES string of the molecule is CCCN(CC(C)(C)CN)C(C)c1ccc(Cl)cc1. The highest BCUT2D eigenvalue weighted by Crippen LogP contribution is 2.26. The molecule has 0 radical (unpaired) electrons. The topological polar surface area (TPSA) is 29.3 Å². The van der Waals surface area contributed by atoms with Gasteiger partial charge in [0.2, 0.25) is 0 Å². The monoisotopic (exact) mass is 282 g/mol. The molecule has 3 heteroatoms. The minimum absolute atomic E-state index is 0.149. The summed E-state index contributed by atoms with van der Waals surface area (Å²) in [6, 6.07) is 8.55. The lowest BCUT2D eigenvalue weighted by Crippen LogP contribution is -2.40. The quantitative estimate of drug-likeness (QED) is 0.816. The zero-order chi connectivity index (χ0) is 14.5. The summed E-state index contributed by atoms with van der Waals surface area (Å²) >= 11 is 5.96. The van der Waals surface area contributed by atoms with E-state index >= 15 is 0 Å². The van der Waals surface area contributed by atoms with Gasteiger partial charge in [0.25, 0.3) is 0 Å². The lowest BCUT2D eigenvalue weighted by atomic mass is 9.91. The number of halogens is 1. The van der Waals surface area contributed by atoms with Crippen LogP contribution in [0.5, 0.6) is 0 Å². The van der Waals surface area contributed by atoms with Crippen molar-refractivity contribution in [1.82, 2.24) is 4.90 Å². The molecule has 1 atom stereocenters. The summed E-state index contributed by atoms with van der Waals surface area (Å²) < 4.78 is 0. The Morgan fingerprint density at radius 3 is 2.32 bits per heavy atom. The average molecular weight is 283 g/mol. The molecular formula is C16H27ClN2. The van der Waals surface area contributed by atoms with Crippen LogP contribution in [-0.2, 0) is 0 Å². The van der Waals surface area contributed by atoms with Crippen molar-refractivity contribution < 1.29 is 0 Å². The molecule has 1 unspecified atom stereocenters. The van der Waals surface area contributed by atoms with E-state index in [1.807, 2.05) is 12.1 Å². The fraction of sp³-hybridized carbons (Fsp3) is 0.625. The molecule has 0 fully saturated rings. The molecule has 108 valence electrons. The normalized spacial score (nSPS) is 13.8. The van der Waals surface area contributed by atoms with Crippen molar-refractivity contribution in [3.05, 3.63) is 34.9 Å². The largest absolute Gasteiger partial charge is 0.330 e. The lowest BCUT2D eigenvalue weighted by molar-refractivity contribution is 0.140. The van der Waals surface area contributed by atoms with E-state index in [1.54, 1.807) is 0 Å². The van der Waals surface area contributed by atoms with Gasteiger partial charge >= 0.3 is 0 Å². The van der Waals surface area contributed by atoms with Crippen molar-refractivity contribution in [3.8, 4) is 0 Å². The lowest BCUT2D eigenvalue weighted by Gasteiger charge is -2.36. The molecule has 0 aliphatic rings. The van der Waals surface area contributed by atoms with E-state index in [0.717, 1.165) is 24.5 Å². The van der Waals surface area contributed by atoms with Gasteiger partial charge in [0, 0.05) is 17.6 Å². The van der Waals surface area contributed by atoms with Crippen LogP contribution in [0.2, 0.25) is 5.02 Å². The van der Waals surface area contributed by atoms with Crippen molar-refractivity contribution in [2.45, 2.75) is 40.2 Å². The van der Waals surface area contributed by atoms with Gasteiger partial charge in [-0.3, -0.25) is 4.90 Å². The van der Waals surface area contributed by atoms with E-state index in [0.29, 0.717) is 12.6 Å². The van der Waals surface area contributed by atoms with E-state index in [4.69, 9.17) is 17.3 Å². The molecule has 1 rings (SSSR count). The van der Waals surface area contributed by atoms with E-state index in [-0.39, 0.29) is 5.41 Å². The Hall–Kier alpha value is -0.570. The summed E-state index contributed by atoms with van der Waals surface area (Å²) in [5.74, 6) is 0. The van der Waals surface area contributed by atoms with Crippen LogP contribution in [0.4, 0.5) is 0 Å². The zero-order valence-electron chi connectivity index (χ0n) is 12.6. The molecule has 0 aromatic heterocycles. The van der Waals surface area contributed by atoms with Gasteiger partial charge < -0.3 is 5.73 Å². The Bertz CT molecular complexity index is 373. The fourth-order valence-corrected chi connectivity index (χ4v) is 2.39. The number of nitrogens with two attached hydrogens (primary N) is 1. The highest BCUT2D eigenvalue weighted by Gasteiger charge is 2.23. The van der Waals surface area contributed by atoms with Crippen molar-refractivity contribution in [1.29, 1.82) is 0 Å². The summed E-state index contributed by atoms with van der Waals surface area (Å²) in [5, 5.41) is 0.792. The Morgan fingerprint density at radius 1 is 1.26 bits per heavy atom. The van der Waals surface area contributed by atoms with Crippen molar-refractivity contribution in [2.24, 2.45) is 11.1 Å². The molecule has 2 N–H and O–H groups in total. The van der Waals surface area contributed by atoms with Crippen LogP contribution in [0.25, 0.3) is 0 Å². The van der Waals surface area contributed by atoms with Gasteiger partial charge in [-0.1, -0.05) is 44.5 Å². The number of nitrogens with zero attached hydrogens (tertiary/aromatic N) is 1. The van der Waals surface area contributed by atoms with Crippen molar-refractivity contribution in [2.75, 3.05) is 19.6 Å². The summed E-state index contributed by atoms with van der Waals surface area (Å²) in [6.45, 7) is 11.7. The van der Waals surface area contributed by atoms with E-state index < -0.39 is 0 Å². The first kappa shape index (κ1) is 16.5. The molecule has 0 amide bonds. The molecule has 1 aromatic rings. The number of benzene rings is 1. The van der Waals surface area contributed by atoms with Crippen LogP contribution < -0.4 is 5.73 Å². The Morgan fingerprint density at radius 2 is 1.84 bits per heavy atom. The third kappa shape index (κ3) is 5.13. The van der Waals surface area contributed by atoms with Gasteiger partial charge in [0.05, 0.1) is 0 Å². The van der Waals surface area contributed by atoms with Crippen LogP contribution >= 0.6 is 11.6 Å². The number of hydrogen-bond donors (Lipinski definition) is 1. The molecule has 0 aliphatic heterocycles.